The van der Waals surface area contributed by atoms with Crippen molar-refractivity contribution in [1.29, 1.82) is 0 Å². The lowest BCUT2D eigenvalue weighted by Crippen LogP contribution is -2.57. The van der Waals surface area contributed by atoms with Gasteiger partial charge in [0.05, 0.1) is 25.9 Å². The van der Waals surface area contributed by atoms with E-state index in [4.69, 9.17) is 9.47 Å². The summed E-state index contributed by atoms with van der Waals surface area (Å²) in [6.07, 6.45) is 5.68. The monoisotopic (exact) mass is 254 g/mol. The van der Waals surface area contributed by atoms with Gasteiger partial charge in [0.2, 0.25) is 0 Å². The summed E-state index contributed by atoms with van der Waals surface area (Å²) in [6, 6.07) is 0. The summed E-state index contributed by atoms with van der Waals surface area (Å²) in [7, 11) is 0. The van der Waals surface area contributed by atoms with Crippen LogP contribution in [0.25, 0.3) is 0 Å². The van der Waals surface area contributed by atoms with Crippen LogP contribution in [0, 0.1) is 17.3 Å². The minimum absolute atomic E-state index is 0.0119. The molecule has 0 aromatic heterocycles. The van der Waals surface area contributed by atoms with E-state index in [0.29, 0.717) is 31.5 Å². The van der Waals surface area contributed by atoms with Crippen LogP contribution >= 0.6 is 0 Å². The maximum Gasteiger partial charge on any atom is 0.169 e. The molecule has 3 aliphatic rings. The average molecular weight is 254 g/mol. The zero-order valence-corrected chi connectivity index (χ0v) is 10.8. The van der Waals surface area contributed by atoms with Crippen LogP contribution in [-0.4, -0.2) is 41.9 Å². The van der Waals surface area contributed by atoms with Crippen molar-refractivity contribution in [2.24, 2.45) is 17.3 Å². The van der Waals surface area contributed by atoms with Gasteiger partial charge in [-0.3, -0.25) is 0 Å². The van der Waals surface area contributed by atoms with Gasteiger partial charge in [0, 0.05) is 18.3 Å². The molecule has 4 atom stereocenters. The molecule has 18 heavy (non-hydrogen) atoms. The summed E-state index contributed by atoms with van der Waals surface area (Å²) >= 11 is 0. The summed E-state index contributed by atoms with van der Waals surface area (Å²) in [5.74, 6) is 0.130. The molecule has 2 aliphatic carbocycles. The van der Waals surface area contributed by atoms with E-state index in [1.165, 1.54) is 0 Å². The highest BCUT2D eigenvalue weighted by Crippen LogP contribution is 2.55. The third-order valence-electron chi connectivity index (χ3n) is 5.10. The molecule has 4 nitrogen and oxygen atoms in total. The first-order valence-corrected chi connectivity index (χ1v) is 6.87. The molecule has 1 spiro atoms. The molecule has 2 N–H and O–H groups in total. The first-order valence-electron chi connectivity index (χ1n) is 6.87. The summed E-state index contributed by atoms with van der Waals surface area (Å²) in [6.45, 7) is 3.38. The van der Waals surface area contributed by atoms with E-state index in [0.717, 1.165) is 12.8 Å². The van der Waals surface area contributed by atoms with Gasteiger partial charge in [0.1, 0.15) is 0 Å². The zero-order valence-electron chi connectivity index (χ0n) is 10.8. The van der Waals surface area contributed by atoms with Crippen molar-refractivity contribution in [2.45, 2.75) is 38.1 Å². The third kappa shape index (κ3) is 1.67. The molecule has 0 aromatic carbocycles. The van der Waals surface area contributed by atoms with Gasteiger partial charge in [0.25, 0.3) is 0 Å². The Balaban J connectivity index is 1.94. The highest BCUT2D eigenvalue weighted by Gasteiger charge is 2.57. The van der Waals surface area contributed by atoms with Crippen LogP contribution in [-0.2, 0) is 9.47 Å². The third-order valence-corrected chi connectivity index (χ3v) is 5.10. The van der Waals surface area contributed by atoms with Crippen LogP contribution in [0.3, 0.4) is 0 Å². The first kappa shape index (κ1) is 12.6. The molecule has 1 saturated carbocycles. The Morgan fingerprint density at radius 1 is 1.28 bits per heavy atom. The van der Waals surface area contributed by atoms with E-state index in [1.807, 2.05) is 6.08 Å². The Morgan fingerprint density at radius 3 is 2.67 bits per heavy atom. The fourth-order valence-electron chi connectivity index (χ4n) is 4.11. The lowest BCUT2D eigenvalue weighted by molar-refractivity contribution is -0.238. The maximum atomic E-state index is 10.4. The summed E-state index contributed by atoms with van der Waals surface area (Å²) < 4.78 is 11.5. The second kappa shape index (κ2) is 4.30. The van der Waals surface area contributed by atoms with Gasteiger partial charge in [-0.05, 0) is 18.3 Å². The Labute approximate surface area is 108 Å². The van der Waals surface area contributed by atoms with Gasteiger partial charge in [-0.15, -0.1) is 0 Å². The predicted molar refractivity (Wildman–Crippen MR) is 65.8 cm³/mol. The number of aliphatic hydroxyl groups is 2. The second-order valence-corrected chi connectivity index (χ2v) is 6.01. The summed E-state index contributed by atoms with van der Waals surface area (Å²) in [4.78, 5) is 0. The standard InChI is InChI=1S/C14H22O4/c1-10-2-3-12(16)13(9-15)8-14(5-4-11(10)13)17-6-7-18-14/h2-3,10-12,15-16H,4-9H2,1H3/t10-,11+,12-,13+/m0/s1. The van der Waals surface area contributed by atoms with Gasteiger partial charge in [-0.2, -0.15) is 0 Å². The molecule has 0 bridgehead atoms. The normalized spacial score (nSPS) is 46.3. The molecule has 0 aromatic rings. The molecule has 1 aliphatic heterocycles. The lowest BCUT2D eigenvalue weighted by Gasteiger charge is -2.54. The number of allylic oxidation sites excluding steroid dienone is 1. The average Bonchev–Trinajstić information content (AvgIpc) is 2.82. The van der Waals surface area contributed by atoms with Gasteiger partial charge in [-0.25, -0.2) is 0 Å². The van der Waals surface area contributed by atoms with Crippen molar-refractivity contribution in [1.82, 2.24) is 0 Å². The Kier molecular flexibility index (Phi) is 3.01. The van der Waals surface area contributed by atoms with Crippen LogP contribution in [0.2, 0.25) is 0 Å². The SMILES string of the molecule is C[C@H]1C=C[C@H](O)[C@@]2(CO)CC3(CC[C@H]12)OCCO3. The molecular formula is C14H22O4. The number of hydrogen-bond acceptors (Lipinski definition) is 4. The van der Waals surface area contributed by atoms with E-state index in [1.54, 1.807) is 0 Å². The first-order chi connectivity index (χ1) is 8.62. The Hall–Kier alpha value is -0.420. The van der Waals surface area contributed by atoms with Crippen LogP contribution < -0.4 is 0 Å². The molecule has 1 saturated heterocycles. The Bertz CT molecular complexity index is 348. The molecule has 0 amide bonds. The number of hydrogen-bond donors (Lipinski definition) is 2. The fraction of sp³-hybridized carbons (Fsp3) is 0.857. The predicted octanol–water partition coefficient (Wildman–Crippen LogP) is 1.08. The molecule has 3 rings (SSSR count). The van der Waals surface area contributed by atoms with Crippen molar-refractivity contribution in [2.75, 3.05) is 19.8 Å². The number of rotatable bonds is 1. The van der Waals surface area contributed by atoms with Crippen molar-refractivity contribution in [3.05, 3.63) is 12.2 Å². The van der Waals surface area contributed by atoms with Crippen molar-refractivity contribution in [3.8, 4) is 0 Å². The maximum absolute atomic E-state index is 10.4. The molecule has 2 fully saturated rings. The quantitative estimate of drug-likeness (QED) is 0.687. The van der Waals surface area contributed by atoms with E-state index >= 15 is 0 Å². The topological polar surface area (TPSA) is 58.9 Å². The summed E-state index contributed by atoms with van der Waals surface area (Å²) in [5.41, 5.74) is -0.503. The highest BCUT2D eigenvalue weighted by atomic mass is 16.7. The lowest BCUT2D eigenvalue weighted by atomic mass is 9.56. The van der Waals surface area contributed by atoms with E-state index < -0.39 is 17.3 Å². The van der Waals surface area contributed by atoms with Crippen molar-refractivity contribution < 1.29 is 19.7 Å². The van der Waals surface area contributed by atoms with Gasteiger partial charge >= 0.3 is 0 Å². The molecule has 1 heterocycles. The molecule has 4 heteroatoms. The number of fused-ring (bicyclic) bond motifs is 1. The van der Waals surface area contributed by atoms with Gasteiger partial charge in [-0.1, -0.05) is 19.1 Å². The highest BCUT2D eigenvalue weighted by molar-refractivity contribution is 5.14. The molecule has 0 unspecified atom stereocenters. The van der Waals surface area contributed by atoms with Gasteiger partial charge < -0.3 is 19.7 Å². The van der Waals surface area contributed by atoms with E-state index in [9.17, 15) is 10.2 Å². The number of ether oxygens (including phenoxy) is 2. The summed E-state index contributed by atoms with van der Waals surface area (Å²) in [5, 5.41) is 20.3. The zero-order chi connectivity index (χ0) is 12.8. The molecular weight excluding hydrogens is 232 g/mol. The van der Waals surface area contributed by atoms with Crippen LogP contribution in [0.15, 0.2) is 12.2 Å². The van der Waals surface area contributed by atoms with Crippen LogP contribution in [0.4, 0.5) is 0 Å². The molecule has 102 valence electrons. The minimum atomic E-state index is -0.603. The Morgan fingerprint density at radius 2 is 2.00 bits per heavy atom. The van der Waals surface area contributed by atoms with E-state index in [-0.39, 0.29) is 6.61 Å². The van der Waals surface area contributed by atoms with Gasteiger partial charge in [0.15, 0.2) is 5.79 Å². The van der Waals surface area contributed by atoms with Crippen LogP contribution in [0.1, 0.15) is 26.2 Å². The van der Waals surface area contributed by atoms with Crippen molar-refractivity contribution >= 4 is 0 Å². The van der Waals surface area contributed by atoms with Crippen molar-refractivity contribution in [3.63, 3.8) is 0 Å². The van der Waals surface area contributed by atoms with Crippen LogP contribution in [0.5, 0.6) is 0 Å². The minimum Gasteiger partial charge on any atom is -0.396 e. The second-order valence-electron chi connectivity index (χ2n) is 6.01. The smallest absolute Gasteiger partial charge is 0.169 e. The fourth-order valence-corrected chi connectivity index (χ4v) is 4.11. The molecule has 0 radical (unpaired) electrons. The number of aliphatic hydroxyl groups excluding tert-OH is 2. The van der Waals surface area contributed by atoms with E-state index in [2.05, 4.69) is 13.0 Å². The largest absolute Gasteiger partial charge is 0.396 e.